The average molecular weight is 513 g/mol. The molecule has 198 valence electrons. The fourth-order valence-corrected chi connectivity index (χ4v) is 4.46. The second-order valence-electron chi connectivity index (χ2n) is 10.4. The second kappa shape index (κ2) is 10.7. The zero-order valence-corrected chi connectivity index (χ0v) is 21.6. The predicted molar refractivity (Wildman–Crippen MR) is 135 cm³/mol. The molecule has 0 aliphatic carbocycles. The largest absolute Gasteiger partial charge is 0.444 e. The van der Waals surface area contributed by atoms with Gasteiger partial charge in [-0.25, -0.2) is 19.2 Å². The summed E-state index contributed by atoms with van der Waals surface area (Å²) in [7, 11) is 0. The van der Waals surface area contributed by atoms with Crippen molar-refractivity contribution in [2.45, 2.75) is 51.7 Å². The molecule has 2 aromatic rings. The summed E-state index contributed by atoms with van der Waals surface area (Å²) in [5.74, 6) is -0.762. The fourth-order valence-electron chi connectivity index (χ4n) is 4.46. The van der Waals surface area contributed by atoms with E-state index in [1.54, 1.807) is 29.4 Å². The van der Waals surface area contributed by atoms with Crippen molar-refractivity contribution in [3.63, 3.8) is 0 Å². The van der Waals surface area contributed by atoms with Gasteiger partial charge in [-0.3, -0.25) is 9.59 Å². The number of rotatable bonds is 5. The number of piperazine rings is 1. The number of anilines is 1. The van der Waals surface area contributed by atoms with Crippen LogP contribution in [-0.2, 0) is 14.3 Å². The van der Waals surface area contributed by atoms with E-state index in [4.69, 9.17) is 4.74 Å². The summed E-state index contributed by atoms with van der Waals surface area (Å²) in [5.41, 5.74) is 0.919. The highest BCUT2D eigenvalue weighted by atomic mass is 19.1. The van der Waals surface area contributed by atoms with Crippen LogP contribution < -0.4 is 15.5 Å². The number of carbonyl (C=O) groups excluding carboxylic acids is 3. The lowest BCUT2D eigenvalue weighted by molar-refractivity contribution is -0.121. The van der Waals surface area contributed by atoms with E-state index in [2.05, 4.69) is 20.6 Å². The Labute approximate surface area is 215 Å². The Bertz CT molecular complexity index is 1160. The normalized spacial score (nSPS) is 20.0. The maximum absolute atomic E-state index is 15.1. The summed E-state index contributed by atoms with van der Waals surface area (Å²) < 4.78 is 20.5. The Balaban J connectivity index is 1.37. The van der Waals surface area contributed by atoms with Gasteiger partial charge in [-0.2, -0.15) is 0 Å². The van der Waals surface area contributed by atoms with Gasteiger partial charge in [0.15, 0.2) is 0 Å². The van der Waals surface area contributed by atoms with Crippen LogP contribution in [0, 0.1) is 5.82 Å². The molecule has 0 radical (unpaired) electrons. The second-order valence-corrected chi connectivity index (χ2v) is 10.4. The summed E-state index contributed by atoms with van der Waals surface area (Å²) in [6, 6.07) is 4.57. The number of ether oxygens (including phenoxy) is 1. The number of nitrogens with zero attached hydrogens (tertiary/aromatic N) is 4. The first-order valence-electron chi connectivity index (χ1n) is 12.4. The molecule has 3 heterocycles. The summed E-state index contributed by atoms with van der Waals surface area (Å²) in [5, 5.41) is 5.55. The molecule has 2 saturated heterocycles. The zero-order valence-electron chi connectivity index (χ0n) is 21.6. The number of benzene rings is 1. The van der Waals surface area contributed by atoms with Crippen LogP contribution in [0.4, 0.5) is 15.1 Å². The topological polar surface area (TPSA) is 117 Å². The van der Waals surface area contributed by atoms with E-state index in [9.17, 15) is 14.4 Å². The molecule has 2 fully saturated rings. The van der Waals surface area contributed by atoms with Gasteiger partial charge >= 0.3 is 6.09 Å². The van der Waals surface area contributed by atoms with Gasteiger partial charge in [0.1, 0.15) is 11.4 Å². The Morgan fingerprint density at radius 1 is 1.16 bits per heavy atom. The summed E-state index contributed by atoms with van der Waals surface area (Å²) in [6.07, 6.45) is 3.30. The first-order valence-corrected chi connectivity index (χ1v) is 12.4. The lowest BCUT2D eigenvalue weighted by atomic mass is 9.93. The fraction of sp³-hybridized carbons (Fsp3) is 0.500. The molecule has 0 bridgehead atoms. The number of nitrogens with one attached hydrogen (secondary N) is 2. The molecule has 1 aromatic carbocycles. The Kier molecular flexibility index (Phi) is 7.60. The van der Waals surface area contributed by atoms with Gasteiger partial charge in [0.05, 0.1) is 5.92 Å². The molecule has 0 spiro atoms. The molecule has 11 heteroatoms. The molecular formula is C26H33FN6O4. The molecule has 37 heavy (non-hydrogen) atoms. The van der Waals surface area contributed by atoms with E-state index in [0.29, 0.717) is 61.8 Å². The van der Waals surface area contributed by atoms with Gasteiger partial charge < -0.3 is 25.2 Å². The Morgan fingerprint density at radius 3 is 2.43 bits per heavy atom. The van der Waals surface area contributed by atoms with Gasteiger partial charge in [-0.05, 0) is 38.8 Å². The van der Waals surface area contributed by atoms with Crippen molar-refractivity contribution >= 4 is 23.9 Å². The van der Waals surface area contributed by atoms with Crippen molar-refractivity contribution in [1.82, 2.24) is 25.5 Å². The molecule has 2 atom stereocenters. The van der Waals surface area contributed by atoms with Crippen LogP contribution in [-0.4, -0.2) is 77.1 Å². The molecule has 2 N–H and O–H groups in total. The molecular weight excluding hydrogens is 479 g/mol. The van der Waals surface area contributed by atoms with Crippen LogP contribution in [0.15, 0.2) is 30.6 Å². The smallest absolute Gasteiger partial charge is 0.410 e. The van der Waals surface area contributed by atoms with Crippen molar-refractivity contribution in [3.8, 4) is 11.1 Å². The van der Waals surface area contributed by atoms with Crippen LogP contribution in [0.3, 0.4) is 0 Å². The minimum Gasteiger partial charge on any atom is -0.444 e. The Hall–Kier alpha value is -3.76. The predicted octanol–water partition coefficient (Wildman–Crippen LogP) is 2.45. The van der Waals surface area contributed by atoms with Crippen LogP contribution in [0.25, 0.3) is 11.1 Å². The highest BCUT2D eigenvalue weighted by Gasteiger charge is 2.33. The molecule has 3 amide bonds. The number of carbonyl (C=O) groups is 3. The van der Waals surface area contributed by atoms with Gasteiger partial charge in [-0.15, -0.1) is 0 Å². The lowest BCUT2D eigenvalue weighted by Crippen LogP contribution is -2.50. The van der Waals surface area contributed by atoms with Crippen LogP contribution in [0.1, 0.15) is 45.6 Å². The van der Waals surface area contributed by atoms with Crippen LogP contribution in [0.5, 0.6) is 0 Å². The van der Waals surface area contributed by atoms with Crippen molar-refractivity contribution in [1.29, 1.82) is 0 Å². The van der Waals surface area contributed by atoms with E-state index in [0.717, 1.165) is 0 Å². The summed E-state index contributed by atoms with van der Waals surface area (Å²) in [6.45, 7) is 9.40. The number of hydrogen-bond acceptors (Lipinski definition) is 7. The van der Waals surface area contributed by atoms with E-state index in [1.165, 1.54) is 13.0 Å². The lowest BCUT2D eigenvalue weighted by Gasteiger charge is -2.35. The van der Waals surface area contributed by atoms with Gasteiger partial charge in [0.25, 0.3) is 0 Å². The van der Waals surface area contributed by atoms with Crippen molar-refractivity contribution < 1.29 is 23.5 Å². The molecule has 1 aromatic heterocycles. The maximum Gasteiger partial charge on any atom is 0.410 e. The highest BCUT2D eigenvalue weighted by molar-refractivity contribution is 5.86. The van der Waals surface area contributed by atoms with E-state index in [-0.39, 0.29) is 23.9 Å². The summed E-state index contributed by atoms with van der Waals surface area (Å²) >= 11 is 0. The standard InChI is InChI=1S/C26H33FN6O4/c1-16(34)28-15-19-12-21(23(35)31-19)17-5-6-20(22(27)11-17)18-13-29-24(30-14-18)32-7-9-33(10-8-32)25(36)37-26(2,3)4/h5-6,11,13-14,19,21H,7-10,12,15H2,1-4H3,(H,28,34)(H,31,35)/t19-,21-/m0/s1. The average Bonchev–Trinajstić information content (AvgIpc) is 3.22. The molecule has 2 aliphatic rings. The first kappa shape index (κ1) is 26.3. The van der Waals surface area contributed by atoms with E-state index < -0.39 is 17.3 Å². The molecule has 10 nitrogen and oxygen atoms in total. The monoisotopic (exact) mass is 512 g/mol. The number of amides is 3. The summed E-state index contributed by atoms with van der Waals surface area (Å²) in [4.78, 5) is 48.3. The molecule has 0 unspecified atom stereocenters. The third-order valence-corrected chi connectivity index (χ3v) is 6.34. The quantitative estimate of drug-likeness (QED) is 0.632. The number of aromatic nitrogens is 2. The van der Waals surface area contributed by atoms with Crippen LogP contribution in [0.2, 0.25) is 0 Å². The molecule has 2 aliphatic heterocycles. The number of halogens is 1. The van der Waals surface area contributed by atoms with Crippen molar-refractivity contribution in [2.24, 2.45) is 0 Å². The number of hydrogen-bond donors (Lipinski definition) is 2. The molecule has 4 rings (SSSR count). The third kappa shape index (κ3) is 6.52. The van der Waals surface area contributed by atoms with Crippen molar-refractivity contribution in [2.75, 3.05) is 37.6 Å². The minimum absolute atomic E-state index is 0.163. The van der Waals surface area contributed by atoms with E-state index >= 15 is 4.39 Å². The van der Waals surface area contributed by atoms with Crippen LogP contribution >= 0.6 is 0 Å². The first-order chi connectivity index (χ1) is 17.5. The van der Waals surface area contributed by atoms with Crippen molar-refractivity contribution in [3.05, 3.63) is 42.0 Å². The molecule has 0 saturated carbocycles. The van der Waals surface area contributed by atoms with Gasteiger partial charge in [-0.1, -0.05) is 12.1 Å². The van der Waals surface area contributed by atoms with Gasteiger partial charge in [0.2, 0.25) is 17.8 Å². The highest BCUT2D eigenvalue weighted by Crippen LogP contribution is 2.31. The van der Waals surface area contributed by atoms with Gasteiger partial charge in [0, 0.05) is 69.2 Å². The Morgan fingerprint density at radius 2 is 1.84 bits per heavy atom. The third-order valence-electron chi connectivity index (χ3n) is 6.34. The van der Waals surface area contributed by atoms with E-state index in [1.807, 2.05) is 25.7 Å². The SMILES string of the molecule is CC(=O)NC[C@@H]1C[C@@H](c2ccc(-c3cnc(N4CCN(C(=O)OC(C)(C)C)CC4)nc3)c(F)c2)C(=O)N1. The zero-order chi connectivity index (χ0) is 26.7. The maximum atomic E-state index is 15.1. The minimum atomic E-state index is -0.541.